The Morgan fingerprint density at radius 1 is 1.05 bits per heavy atom. The topological polar surface area (TPSA) is 24.4 Å². The van der Waals surface area contributed by atoms with Gasteiger partial charge in [-0.1, -0.05) is 24.3 Å². The van der Waals surface area contributed by atoms with Gasteiger partial charge in [0.2, 0.25) is 0 Å². The predicted octanol–water partition coefficient (Wildman–Crippen LogP) is 4.76. The number of hydrazone groups is 1. The van der Waals surface area contributed by atoms with E-state index in [4.69, 9.17) is 0 Å². The summed E-state index contributed by atoms with van der Waals surface area (Å²) in [5.41, 5.74) is 2.73. The maximum Gasteiger partial charge on any atom is 0.417 e. The summed E-state index contributed by atoms with van der Waals surface area (Å²) < 4.78 is 39.2. The smallest absolute Gasteiger partial charge is 0.279 e. The van der Waals surface area contributed by atoms with Gasteiger partial charge >= 0.3 is 6.18 Å². The lowest BCUT2D eigenvalue weighted by Gasteiger charge is -2.10. The molecule has 0 aromatic heterocycles. The number of hydrogen-bond acceptors (Lipinski definition) is 2. The van der Waals surface area contributed by atoms with Gasteiger partial charge in [0.05, 0.1) is 17.5 Å². The average Bonchev–Trinajstić information content (AvgIpc) is 2.40. The fraction of sp³-hybridized carbons (Fsp3) is 0.0714. The standard InChI is InChI=1S/C14H10F3IN2/c15-14(16,17)13-8-11(18)7-6-10(13)9-19-20-12-4-2-1-3-5-12/h1-9,20H. The summed E-state index contributed by atoms with van der Waals surface area (Å²) in [6, 6.07) is 13.1. The van der Waals surface area contributed by atoms with Crippen molar-refractivity contribution >= 4 is 34.5 Å². The van der Waals surface area contributed by atoms with Crippen LogP contribution in [0.4, 0.5) is 18.9 Å². The van der Waals surface area contributed by atoms with E-state index in [1.165, 1.54) is 12.3 Å². The van der Waals surface area contributed by atoms with E-state index in [2.05, 4.69) is 10.5 Å². The first-order valence-electron chi connectivity index (χ1n) is 5.68. The predicted molar refractivity (Wildman–Crippen MR) is 81.8 cm³/mol. The molecule has 6 heteroatoms. The second-order valence-electron chi connectivity index (χ2n) is 3.97. The molecule has 0 amide bonds. The molecule has 0 bridgehead atoms. The number of para-hydroxylation sites is 1. The van der Waals surface area contributed by atoms with Crippen molar-refractivity contribution in [1.29, 1.82) is 0 Å². The van der Waals surface area contributed by atoms with E-state index in [1.54, 1.807) is 18.2 Å². The lowest BCUT2D eigenvalue weighted by Crippen LogP contribution is -2.09. The molecular weight excluding hydrogens is 380 g/mol. The van der Waals surface area contributed by atoms with Crippen LogP contribution in [0, 0.1) is 3.57 Å². The van der Waals surface area contributed by atoms with Crippen LogP contribution in [0.1, 0.15) is 11.1 Å². The monoisotopic (exact) mass is 390 g/mol. The Kier molecular flexibility index (Phi) is 4.64. The quantitative estimate of drug-likeness (QED) is 0.457. The van der Waals surface area contributed by atoms with Crippen LogP contribution in [0.3, 0.4) is 0 Å². The van der Waals surface area contributed by atoms with Crippen molar-refractivity contribution < 1.29 is 13.2 Å². The molecule has 20 heavy (non-hydrogen) atoms. The van der Waals surface area contributed by atoms with Gasteiger partial charge < -0.3 is 0 Å². The fourth-order valence-electron chi connectivity index (χ4n) is 1.58. The van der Waals surface area contributed by atoms with Crippen LogP contribution in [0.5, 0.6) is 0 Å². The van der Waals surface area contributed by atoms with E-state index in [-0.39, 0.29) is 5.56 Å². The highest BCUT2D eigenvalue weighted by atomic mass is 127. The summed E-state index contributed by atoms with van der Waals surface area (Å²) in [6.07, 6.45) is -3.22. The van der Waals surface area contributed by atoms with Crippen molar-refractivity contribution in [2.75, 3.05) is 5.43 Å². The second kappa shape index (κ2) is 6.25. The van der Waals surface area contributed by atoms with E-state index in [0.29, 0.717) is 9.26 Å². The van der Waals surface area contributed by atoms with Crippen LogP contribution in [-0.4, -0.2) is 6.21 Å². The lowest BCUT2D eigenvalue weighted by atomic mass is 10.1. The minimum atomic E-state index is -4.39. The van der Waals surface area contributed by atoms with E-state index in [9.17, 15) is 13.2 Å². The van der Waals surface area contributed by atoms with Gasteiger partial charge in [-0.25, -0.2) is 0 Å². The molecule has 0 aliphatic rings. The van der Waals surface area contributed by atoms with Crippen molar-refractivity contribution in [2.24, 2.45) is 5.10 Å². The minimum absolute atomic E-state index is 0.0290. The summed E-state index contributed by atoms with van der Waals surface area (Å²) in [7, 11) is 0. The summed E-state index contributed by atoms with van der Waals surface area (Å²) in [4.78, 5) is 0. The number of alkyl halides is 3. The number of hydrogen-bond donors (Lipinski definition) is 1. The van der Waals surface area contributed by atoms with Gasteiger partial charge in [-0.15, -0.1) is 0 Å². The van der Waals surface area contributed by atoms with Crippen LogP contribution < -0.4 is 5.43 Å². The van der Waals surface area contributed by atoms with Crippen molar-refractivity contribution in [3.63, 3.8) is 0 Å². The van der Waals surface area contributed by atoms with Crippen LogP contribution >= 0.6 is 22.6 Å². The Balaban J connectivity index is 2.21. The first-order valence-corrected chi connectivity index (χ1v) is 6.75. The average molecular weight is 390 g/mol. The lowest BCUT2D eigenvalue weighted by molar-refractivity contribution is -0.137. The molecule has 0 atom stereocenters. The van der Waals surface area contributed by atoms with E-state index in [1.807, 2.05) is 40.8 Å². The summed E-state index contributed by atoms with van der Waals surface area (Å²) >= 11 is 1.85. The molecule has 2 aromatic carbocycles. The molecule has 2 aromatic rings. The van der Waals surface area contributed by atoms with Crippen LogP contribution in [0.15, 0.2) is 53.6 Å². The van der Waals surface area contributed by atoms with Gasteiger partial charge in [0.25, 0.3) is 0 Å². The third kappa shape index (κ3) is 3.96. The molecule has 0 spiro atoms. The molecule has 0 aliphatic carbocycles. The van der Waals surface area contributed by atoms with Gasteiger partial charge in [0.15, 0.2) is 0 Å². The largest absolute Gasteiger partial charge is 0.417 e. The zero-order valence-electron chi connectivity index (χ0n) is 10.2. The molecule has 0 saturated carbocycles. The molecule has 1 N–H and O–H groups in total. The van der Waals surface area contributed by atoms with Gasteiger partial charge in [-0.2, -0.15) is 18.3 Å². The molecule has 0 fully saturated rings. The highest BCUT2D eigenvalue weighted by Gasteiger charge is 2.33. The van der Waals surface area contributed by atoms with Gasteiger partial charge in [-0.3, -0.25) is 5.43 Å². The molecule has 2 rings (SSSR count). The maximum atomic E-state index is 12.9. The Morgan fingerprint density at radius 2 is 1.75 bits per heavy atom. The van der Waals surface area contributed by atoms with Crippen molar-refractivity contribution in [3.8, 4) is 0 Å². The number of nitrogens with one attached hydrogen (secondary N) is 1. The third-order valence-electron chi connectivity index (χ3n) is 2.49. The Labute approximate surface area is 127 Å². The molecule has 104 valence electrons. The molecule has 0 radical (unpaired) electrons. The van der Waals surface area contributed by atoms with Crippen molar-refractivity contribution in [2.45, 2.75) is 6.18 Å². The van der Waals surface area contributed by atoms with Crippen molar-refractivity contribution in [3.05, 3.63) is 63.2 Å². The second-order valence-corrected chi connectivity index (χ2v) is 5.21. The third-order valence-corrected chi connectivity index (χ3v) is 3.16. The van der Waals surface area contributed by atoms with Crippen LogP contribution in [0.25, 0.3) is 0 Å². The van der Waals surface area contributed by atoms with E-state index in [0.717, 1.165) is 6.07 Å². The fourth-order valence-corrected chi connectivity index (χ4v) is 2.07. The normalized spacial score (nSPS) is 11.8. The summed E-state index contributed by atoms with van der Waals surface area (Å²) in [5, 5.41) is 3.84. The number of halogens is 4. The number of rotatable bonds is 3. The molecule has 0 saturated heterocycles. The maximum absolute atomic E-state index is 12.9. The minimum Gasteiger partial charge on any atom is -0.279 e. The van der Waals surface area contributed by atoms with Gasteiger partial charge in [0.1, 0.15) is 0 Å². The first-order chi connectivity index (χ1) is 9.47. The van der Waals surface area contributed by atoms with Crippen molar-refractivity contribution in [1.82, 2.24) is 0 Å². The highest BCUT2D eigenvalue weighted by molar-refractivity contribution is 14.1. The summed E-state index contributed by atoms with van der Waals surface area (Å²) in [5.74, 6) is 0. The van der Waals surface area contributed by atoms with E-state index < -0.39 is 11.7 Å². The Morgan fingerprint density at radius 3 is 2.40 bits per heavy atom. The number of anilines is 1. The summed E-state index contributed by atoms with van der Waals surface area (Å²) in [6.45, 7) is 0. The Bertz CT molecular complexity index is 610. The van der Waals surface area contributed by atoms with E-state index >= 15 is 0 Å². The van der Waals surface area contributed by atoms with Crippen LogP contribution in [0.2, 0.25) is 0 Å². The SMILES string of the molecule is FC(F)(F)c1cc(I)ccc1C=NNc1ccccc1. The van der Waals surface area contributed by atoms with Crippen LogP contribution in [-0.2, 0) is 6.18 Å². The Hall–Kier alpha value is -1.57. The number of benzene rings is 2. The van der Waals surface area contributed by atoms with Gasteiger partial charge in [-0.05, 0) is 46.9 Å². The van der Waals surface area contributed by atoms with Gasteiger partial charge in [0, 0.05) is 9.13 Å². The highest BCUT2D eigenvalue weighted by Crippen LogP contribution is 2.32. The molecule has 2 nitrogen and oxygen atoms in total. The first kappa shape index (κ1) is 14.8. The molecule has 0 aliphatic heterocycles. The zero-order chi connectivity index (χ0) is 14.6. The number of nitrogens with zero attached hydrogens (tertiary/aromatic N) is 1. The molecular formula is C14H10F3IN2. The molecule has 0 heterocycles. The zero-order valence-corrected chi connectivity index (χ0v) is 12.3. The molecule has 0 unspecified atom stereocenters.